The van der Waals surface area contributed by atoms with E-state index in [2.05, 4.69) is 220 Å². The van der Waals surface area contributed by atoms with Gasteiger partial charge in [0.2, 0.25) is 0 Å². The Morgan fingerprint density at radius 2 is 1.13 bits per heavy atom. The zero-order chi connectivity index (χ0) is 46.7. The summed E-state index contributed by atoms with van der Waals surface area (Å²) in [6.45, 7) is 14.0. The van der Waals surface area contributed by atoms with Crippen LogP contribution in [0.5, 0.6) is 11.5 Å². The number of rotatable bonds is 8. The minimum Gasteiger partial charge on any atom is -0.457 e. The summed E-state index contributed by atoms with van der Waals surface area (Å²) in [6.07, 6.45) is 1.92. The van der Waals surface area contributed by atoms with Crippen molar-refractivity contribution in [3.05, 3.63) is 217 Å². The zero-order valence-corrected chi connectivity index (χ0v) is 39.3. The first kappa shape index (κ1) is 42.7. The molecule has 68 heavy (non-hydrogen) atoms. The predicted molar refractivity (Wildman–Crippen MR) is 281 cm³/mol. The SMILES string of the molecule is CC(C)(C)c1ccnc(-n2c3ccccc3c3ccc(Oc4cc(-c5ccccc5C(C)(C)C)cc(N5CN(c6c(-c7ccccc7)cccc6-c6ccc(F)cc6)c6ccccc65)c4)cc32)c1. The van der Waals surface area contributed by atoms with Crippen molar-refractivity contribution in [2.45, 2.75) is 52.4 Å². The van der Waals surface area contributed by atoms with E-state index in [0.29, 0.717) is 6.67 Å². The van der Waals surface area contributed by atoms with E-state index in [1.807, 2.05) is 24.4 Å². The van der Waals surface area contributed by atoms with E-state index in [9.17, 15) is 4.39 Å². The van der Waals surface area contributed by atoms with Crippen molar-refractivity contribution in [2.24, 2.45) is 0 Å². The molecule has 8 aromatic carbocycles. The molecule has 0 atom stereocenters. The Kier molecular flexibility index (Phi) is 10.5. The molecule has 1 aliphatic heterocycles. The first-order chi connectivity index (χ1) is 32.9. The van der Waals surface area contributed by atoms with Gasteiger partial charge < -0.3 is 14.5 Å². The molecule has 2 aromatic heterocycles. The molecule has 0 unspecified atom stereocenters. The maximum absolute atomic E-state index is 14.4. The van der Waals surface area contributed by atoms with Crippen LogP contribution in [0.15, 0.2) is 200 Å². The van der Waals surface area contributed by atoms with Crippen molar-refractivity contribution < 1.29 is 9.13 Å². The first-order valence-corrected chi connectivity index (χ1v) is 23.4. The summed E-state index contributed by atoms with van der Waals surface area (Å²) in [5, 5.41) is 2.29. The molecule has 6 heteroatoms. The van der Waals surface area contributed by atoms with Gasteiger partial charge in [-0.25, -0.2) is 9.37 Å². The van der Waals surface area contributed by atoms with Gasteiger partial charge in [-0.1, -0.05) is 157 Å². The summed E-state index contributed by atoms with van der Waals surface area (Å²) >= 11 is 0. The molecule has 0 radical (unpaired) electrons. The fourth-order valence-corrected chi connectivity index (χ4v) is 9.92. The maximum atomic E-state index is 14.4. The topological polar surface area (TPSA) is 33.5 Å². The van der Waals surface area contributed by atoms with Gasteiger partial charge in [0.05, 0.1) is 28.1 Å². The van der Waals surface area contributed by atoms with E-state index in [1.54, 1.807) is 12.1 Å². The first-order valence-electron chi connectivity index (χ1n) is 23.4. The zero-order valence-electron chi connectivity index (χ0n) is 39.3. The summed E-state index contributed by atoms with van der Waals surface area (Å²) in [7, 11) is 0. The average Bonchev–Trinajstić information content (AvgIpc) is 3.90. The third-order valence-electron chi connectivity index (χ3n) is 13.3. The van der Waals surface area contributed by atoms with Gasteiger partial charge in [-0.15, -0.1) is 0 Å². The molecular weight excluding hydrogens is 836 g/mol. The number of ether oxygens (including phenoxy) is 1. The molecule has 3 heterocycles. The van der Waals surface area contributed by atoms with Gasteiger partial charge in [-0.2, -0.15) is 0 Å². The lowest BCUT2D eigenvalue weighted by atomic mass is 9.82. The number of hydrogen-bond acceptors (Lipinski definition) is 4. The van der Waals surface area contributed by atoms with E-state index in [1.165, 1.54) is 11.1 Å². The highest BCUT2D eigenvalue weighted by atomic mass is 19.1. The normalized spacial score (nSPS) is 12.8. The van der Waals surface area contributed by atoms with E-state index in [-0.39, 0.29) is 16.6 Å². The summed E-state index contributed by atoms with van der Waals surface area (Å²) in [5.74, 6) is 2.06. The van der Waals surface area contributed by atoms with Crippen molar-refractivity contribution in [2.75, 3.05) is 16.5 Å². The van der Waals surface area contributed by atoms with E-state index >= 15 is 0 Å². The van der Waals surface area contributed by atoms with Crippen molar-refractivity contribution in [1.29, 1.82) is 0 Å². The predicted octanol–water partition coefficient (Wildman–Crippen LogP) is 17.0. The van der Waals surface area contributed by atoms with Crippen LogP contribution in [0.3, 0.4) is 0 Å². The molecule has 334 valence electrons. The molecule has 5 nitrogen and oxygen atoms in total. The highest BCUT2D eigenvalue weighted by Gasteiger charge is 2.32. The molecule has 0 fully saturated rings. The number of aromatic nitrogens is 2. The lowest BCUT2D eigenvalue weighted by Gasteiger charge is -2.28. The number of anilines is 4. The standard InChI is InChI=1S/C62H53FN4O/c1-61(2,3)44-33-34-64-59(37-44)67-55-24-13-11-20-52(55)53-32-31-47(39-58(53)67)68-48-36-43(49-19-10-12-23-54(49)62(4,5)6)35-46(38-48)65-40-66(57-26-15-14-25-56(57)65)60-50(41-17-8-7-9-18-41)21-16-22-51(60)42-27-29-45(63)30-28-42/h7-39H,40H2,1-6H3. The monoisotopic (exact) mass is 888 g/mol. The van der Waals surface area contributed by atoms with E-state index in [4.69, 9.17) is 9.72 Å². The molecule has 10 aromatic rings. The van der Waals surface area contributed by atoms with Crippen molar-refractivity contribution in [1.82, 2.24) is 9.55 Å². The number of fused-ring (bicyclic) bond motifs is 4. The third kappa shape index (κ3) is 7.76. The summed E-state index contributed by atoms with van der Waals surface area (Å²) < 4.78 is 23.8. The van der Waals surface area contributed by atoms with Crippen molar-refractivity contribution >= 4 is 44.6 Å². The van der Waals surface area contributed by atoms with Crippen molar-refractivity contribution in [3.63, 3.8) is 0 Å². The van der Waals surface area contributed by atoms with Gasteiger partial charge in [-0.05, 0) is 111 Å². The molecule has 11 rings (SSSR count). The third-order valence-corrected chi connectivity index (χ3v) is 13.3. The molecule has 0 saturated heterocycles. The molecular formula is C62H53FN4O. The highest BCUT2D eigenvalue weighted by molar-refractivity contribution is 6.09. The second kappa shape index (κ2) is 16.7. The molecule has 0 N–H and O–H groups in total. The Labute approximate surface area is 398 Å². The number of para-hydroxylation sites is 4. The summed E-state index contributed by atoms with van der Waals surface area (Å²) in [4.78, 5) is 9.72. The highest BCUT2D eigenvalue weighted by Crippen LogP contribution is 2.51. The number of hydrogen-bond donors (Lipinski definition) is 0. The van der Waals surface area contributed by atoms with Crippen LogP contribution in [0.25, 0.3) is 61.0 Å². The average molecular weight is 889 g/mol. The number of pyridine rings is 1. The number of benzene rings is 8. The molecule has 0 bridgehead atoms. The van der Waals surface area contributed by atoms with Gasteiger partial charge in [0.1, 0.15) is 29.8 Å². The van der Waals surface area contributed by atoms with Crippen LogP contribution in [-0.2, 0) is 10.8 Å². The Morgan fingerprint density at radius 1 is 0.485 bits per heavy atom. The van der Waals surface area contributed by atoms with E-state index in [0.717, 1.165) is 95.3 Å². The van der Waals surface area contributed by atoms with Crippen LogP contribution in [0.2, 0.25) is 0 Å². The van der Waals surface area contributed by atoms with Crippen LogP contribution in [0.4, 0.5) is 27.1 Å². The maximum Gasteiger partial charge on any atom is 0.137 e. The lowest BCUT2D eigenvalue weighted by Crippen LogP contribution is -2.25. The Hall–Kier alpha value is -7.96. The molecule has 0 amide bonds. The summed E-state index contributed by atoms with van der Waals surface area (Å²) in [5.41, 5.74) is 15.0. The van der Waals surface area contributed by atoms with Gasteiger partial charge >= 0.3 is 0 Å². The van der Waals surface area contributed by atoms with Crippen LogP contribution in [-0.4, -0.2) is 16.2 Å². The van der Waals surface area contributed by atoms with Crippen molar-refractivity contribution in [3.8, 4) is 50.7 Å². The number of halogens is 1. The number of nitrogens with zero attached hydrogens (tertiary/aromatic N) is 4. The van der Waals surface area contributed by atoms with Gasteiger partial charge in [0.25, 0.3) is 0 Å². The lowest BCUT2D eigenvalue weighted by molar-refractivity contribution is 0.483. The second-order valence-electron chi connectivity index (χ2n) is 19.9. The minimum atomic E-state index is -0.261. The Morgan fingerprint density at radius 3 is 1.88 bits per heavy atom. The Bertz CT molecular complexity index is 3510. The fraction of sp³-hybridized carbons (Fsp3) is 0.145. The quantitative estimate of drug-likeness (QED) is 0.152. The van der Waals surface area contributed by atoms with Crippen LogP contribution in [0.1, 0.15) is 52.7 Å². The molecule has 0 spiro atoms. The van der Waals surface area contributed by atoms with Gasteiger partial charge in [0.15, 0.2) is 0 Å². The summed E-state index contributed by atoms with van der Waals surface area (Å²) in [6, 6.07) is 67.0. The second-order valence-corrected chi connectivity index (χ2v) is 19.9. The van der Waals surface area contributed by atoms with Crippen LogP contribution >= 0.6 is 0 Å². The smallest absolute Gasteiger partial charge is 0.137 e. The molecule has 1 aliphatic rings. The Balaban J connectivity index is 1.07. The molecule has 0 saturated carbocycles. The molecule has 0 aliphatic carbocycles. The van der Waals surface area contributed by atoms with Gasteiger partial charge in [0, 0.05) is 45.9 Å². The van der Waals surface area contributed by atoms with Crippen LogP contribution in [0, 0.1) is 5.82 Å². The van der Waals surface area contributed by atoms with Crippen LogP contribution < -0.4 is 14.5 Å². The minimum absolute atomic E-state index is 0.0396. The van der Waals surface area contributed by atoms with E-state index < -0.39 is 0 Å². The fourth-order valence-electron chi connectivity index (χ4n) is 9.92. The van der Waals surface area contributed by atoms with Gasteiger partial charge in [-0.3, -0.25) is 4.57 Å². The largest absolute Gasteiger partial charge is 0.457 e.